The highest BCUT2D eigenvalue weighted by molar-refractivity contribution is 5.89. The van der Waals surface area contributed by atoms with Crippen molar-refractivity contribution < 1.29 is 18.0 Å². The summed E-state index contributed by atoms with van der Waals surface area (Å²) < 4.78 is 41.2. The van der Waals surface area contributed by atoms with Crippen LogP contribution >= 0.6 is 0 Å². The van der Waals surface area contributed by atoms with Gasteiger partial charge in [0, 0.05) is 43.8 Å². The first-order chi connectivity index (χ1) is 17.8. The number of rotatable bonds is 4. The Bertz CT molecular complexity index is 1520. The molecule has 4 aromatic heterocycles. The van der Waals surface area contributed by atoms with E-state index in [0.29, 0.717) is 55.5 Å². The highest BCUT2D eigenvalue weighted by atomic mass is 19.4. The molecule has 2 aliphatic rings. The van der Waals surface area contributed by atoms with Gasteiger partial charge >= 0.3 is 6.18 Å². The van der Waals surface area contributed by atoms with E-state index in [4.69, 9.17) is 0 Å². The number of nitrogens with zero attached hydrogens (tertiary/aromatic N) is 8. The summed E-state index contributed by atoms with van der Waals surface area (Å²) in [4.78, 5) is 30.1. The average Bonchev–Trinajstić information content (AvgIpc) is 3.30. The lowest BCUT2D eigenvalue weighted by molar-refractivity contribution is -0.138. The van der Waals surface area contributed by atoms with Crippen molar-refractivity contribution in [3.63, 3.8) is 0 Å². The molecule has 1 saturated carbocycles. The lowest BCUT2D eigenvalue weighted by atomic mass is 10.0. The number of hydrogen-bond acceptors (Lipinski definition) is 7. The molecule has 2 fully saturated rings. The molecule has 1 N–H and O–H groups in total. The van der Waals surface area contributed by atoms with Crippen LogP contribution in [0, 0.1) is 16.7 Å². The molecule has 188 valence electrons. The summed E-state index contributed by atoms with van der Waals surface area (Å²) in [6, 6.07) is 5.73. The van der Waals surface area contributed by atoms with Crippen LogP contribution in [0.2, 0.25) is 0 Å². The van der Waals surface area contributed by atoms with Crippen LogP contribution in [-0.4, -0.2) is 60.0 Å². The van der Waals surface area contributed by atoms with Gasteiger partial charge < -0.3 is 9.80 Å². The Kier molecular flexibility index (Phi) is 5.15. The number of amides is 1. The van der Waals surface area contributed by atoms with E-state index in [9.17, 15) is 23.2 Å². The smallest absolute Gasteiger partial charge is 0.337 e. The molecule has 37 heavy (non-hydrogen) atoms. The minimum Gasteiger partial charge on any atom is -0.337 e. The number of piperazine rings is 1. The number of hydrogen-bond donors (Lipinski definition) is 1. The van der Waals surface area contributed by atoms with E-state index in [-0.39, 0.29) is 11.9 Å². The number of alkyl halides is 3. The maximum atomic E-state index is 13.3. The van der Waals surface area contributed by atoms with Crippen LogP contribution in [0.25, 0.3) is 17.0 Å². The second-order valence-electron chi connectivity index (χ2n) is 9.21. The highest BCUT2D eigenvalue weighted by Crippen LogP contribution is 2.48. The van der Waals surface area contributed by atoms with E-state index < -0.39 is 17.2 Å². The Labute approximate surface area is 208 Å². The monoisotopic (exact) mass is 507 g/mol. The molecule has 0 bridgehead atoms. The van der Waals surface area contributed by atoms with Crippen LogP contribution in [0.3, 0.4) is 0 Å². The fourth-order valence-electron chi connectivity index (χ4n) is 4.69. The van der Waals surface area contributed by atoms with E-state index in [1.807, 2.05) is 4.90 Å². The van der Waals surface area contributed by atoms with E-state index in [1.165, 1.54) is 16.7 Å². The maximum absolute atomic E-state index is 13.3. The fourth-order valence-corrected chi connectivity index (χ4v) is 4.69. The topological polar surface area (TPSA) is 119 Å². The van der Waals surface area contributed by atoms with Gasteiger partial charge in [-0.25, -0.2) is 15.0 Å². The van der Waals surface area contributed by atoms with Crippen LogP contribution in [-0.2, 0) is 11.0 Å². The number of carbonyl (C=O) groups excluding carboxylic acids is 1. The van der Waals surface area contributed by atoms with Crippen molar-refractivity contribution in [3.05, 3.63) is 60.3 Å². The van der Waals surface area contributed by atoms with Crippen LogP contribution in [0.5, 0.6) is 0 Å². The number of pyridine rings is 1. The quantitative estimate of drug-likeness (QED) is 0.450. The van der Waals surface area contributed by atoms with Gasteiger partial charge in [0.2, 0.25) is 11.9 Å². The van der Waals surface area contributed by atoms with E-state index in [1.54, 1.807) is 29.6 Å². The summed E-state index contributed by atoms with van der Waals surface area (Å²) >= 11 is 0. The SMILES string of the molecule is N#CC1(C(=O)N2CCN(c3nccc(-c4cnc5ccc(C(F)(F)F)cn45)n3)CC2c2cn[nH]c2)CC1. The Morgan fingerprint density at radius 3 is 2.70 bits per heavy atom. The summed E-state index contributed by atoms with van der Waals surface area (Å²) in [5.41, 5.74) is 0.236. The van der Waals surface area contributed by atoms with Crippen molar-refractivity contribution in [3.8, 4) is 17.5 Å². The number of anilines is 1. The zero-order valence-corrected chi connectivity index (χ0v) is 19.4. The molecule has 0 spiro atoms. The minimum absolute atomic E-state index is 0.179. The van der Waals surface area contributed by atoms with Crippen molar-refractivity contribution in [1.29, 1.82) is 5.26 Å². The zero-order chi connectivity index (χ0) is 25.8. The van der Waals surface area contributed by atoms with Crippen molar-refractivity contribution in [1.82, 2.24) is 34.4 Å². The Morgan fingerprint density at radius 1 is 1.16 bits per heavy atom. The summed E-state index contributed by atoms with van der Waals surface area (Å²) in [7, 11) is 0. The van der Waals surface area contributed by atoms with E-state index in [0.717, 1.165) is 17.8 Å². The summed E-state index contributed by atoms with van der Waals surface area (Å²) in [6.45, 7) is 1.15. The van der Waals surface area contributed by atoms with Crippen LogP contribution < -0.4 is 4.90 Å². The third-order valence-electron chi connectivity index (χ3n) is 6.94. The van der Waals surface area contributed by atoms with Gasteiger partial charge in [0.05, 0.1) is 41.5 Å². The third kappa shape index (κ3) is 3.94. The number of aromatic nitrogens is 6. The first-order valence-corrected chi connectivity index (χ1v) is 11.6. The fraction of sp³-hybridized carbons (Fsp3) is 0.333. The maximum Gasteiger partial charge on any atom is 0.417 e. The van der Waals surface area contributed by atoms with Crippen LogP contribution in [0.15, 0.2) is 49.2 Å². The molecule has 1 unspecified atom stereocenters. The molecule has 4 aromatic rings. The predicted octanol–water partition coefficient (Wildman–Crippen LogP) is 3.23. The summed E-state index contributed by atoms with van der Waals surface area (Å²) in [5, 5.41) is 16.3. The van der Waals surface area contributed by atoms with Gasteiger partial charge in [-0.2, -0.15) is 23.5 Å². The average molecular weight is 507 g/mol. The second-order valence-corrected chi connectivity index (χ2v) is 9.21. The van der Waals surface area contributed by atoms with Gasteiger partial charge in [-0.15, -0.1) is 0 Å². The molecule has 10 nitrogen and oxygen atoms in total. The molecule has 1 amide bonds. The van der Waals surface area contributed by atoms with Crippen LogP contribution in [0.4, 0.5) is 19.1 Å². The van der Waals surface area contributed by atoms with E-state index >= 15 is 0 Å². The zero-order valence-electron chi connectivity index (χ0n) is 19.4. The molecule has 0 radical (unpaired) electrons. The Balaban J connectivity index is 1.32. The van der Waals surface area contributed by atoms with Gasteiger partial charge in [-0.3, -0.25) is 14.3 Å². The van der Waals surface area contributed by atoms with Crippen molar-refractivity contribution in [2.24, 2.45) is 5.41 Å². The molecular weight excluding hydrogens is 487 g/mol. The molecule has 1 aliphatic carbocycles. The molecule has 1 aliphatic heterocycles. The third-order valence-corrected chi connectivity index (χ3v) is 6.94. The molecule has 0 aromatic carbocycles. The molecule has 1 saturated heterocycles. The van der Waals surface area contributed by atoms with Gasteiger partial charge in [-0.1, -0.05) is 0 Å². The number of halogens is 3. The molecule has 13 heteroatoms. The van der Waals surface area contributed by atoms with E-state index in [2.05, 4.69) is 31.2 Å². The molecule has 6 rings (SSSR count). The van der Waals surface area contributed by atoms with Gasteiger partial charge in [0.15, 0.2) is 0 Å². The highest BCUT2D eigenvalue weighted by Gasteiger charge is 2.54. The first-order valence-electron chi connectivity index (χ1n) is 11.6. The van der Waals surface area contributed by atoms with Crippen molar-refractivity contribution in [2.75, 3.05) is 24.5 Å². The number of imidazole rings is 1. The van der Waals surface area contributed by atoms with Gasteiger partial charge in [0.1, 0.15) is 11.1 Å². The largest absolute Gasteiger partial charge is 0.417 e. The van der Waals surface area contributed by atoms with Crippen LogP contribution in [0.1, 0.15) is 30.0 Å². The second kappa shape index (κ2) is 8.29. The molecule has 5 heterocycles. The first kappa shape index (κ1) is 23.0. The lowest BCUT2D eigenvalue weighted by Crippen LogP contribution is -2.53. The minimum atomic E-state index is -4.49. The molecule has 1 atom stereocenters. The normalized spacial score (nSPS) is 19.1. The molecular formula is C24H20F3N9O. The number of nitriles is 1. The summed E-state index contributed by atoms with van der Waals surface area (Å²) in [5.74, 6) is 0.197. The number of fused-ring (bicyclic) bond motifs is 1. The van der Waals surface area contributed by atoms with Gasteiger partial charge in [0.25, 0.3) is 0 Å². The summed E-state index contributed by atoms with van der Waals surface area (Å²) in [6.07, 6.45) is 4.01. The van der Waals surface area contributed by atoms with Crippen molar-refractivity contribution in [2.45, 2.75) is 25.1 Å². The van der Waals surface area contributed by atoms with Crippen molar-refractivity contribution >= 4 is 17.5 Å². The van der Waals surface area contributed by atoms with Gasteiger partial charge in [-0.05, 0) is 31.0 Å². The standard InChI is InChI=1S/C24H20F3N9O/c25-24(26,27)16-1-2-20-30-11-18(36(20)12-16)17-3-6-29-22(33-17)34-7-8-35(21(37)23(14-28)4-5-23)19(13-34)15-9-31-32-10-15/h1-3,6,9-12,19H,4-5,7-8,13H2,(H,31,32). The Morgan fingerprint density at radius 2 is 2.00 bits per heavy atom. The Hall–Kier alpha value is -4.47. The number of nitrogens with one attached hydrogen (secondary N) is 1. The number of carbonyl (C=O) groups is 1. The predicted molar refractivity (Wildman–Crippen MR) is 124 cm³/mol. The number of H-pyrrole nitrogens is 1. The number of aromatic amines is 1. The lowest BCUT2D eigenvalue weighted by Gasteiger charge is -2.42.